The van der Waals surface area contributed by atoms with Crippen LogP contribution in [0.2, 0.25) is 0 Å². The van der Waals surface area contributed by atoms with Gasteiger partial charge in [-0.05, 0) is 18.5 Å². The maximum Gasteiger partial charge on any atom is 0.432 e. The van der Waals surface area contributed by atoms with E-state index in [0.29, 0.717) is 0 Å². The summed E-state index contributed by atoms with van der Waals surface area (Å²) < 4.78 is 68.1. The van der Waals surface area contributed by atoms with Crippen molar-refractivity contribution >= 4 is 17.6 Å². The summed E-state index contributed by atoms with van der Waals surface area (Å²) in [6.07, 6.45) is -5.24. The minimum Gasteiger partial charge on any atom is -0.462 e. The van der Waals surface area contributed by atoms with Crippen LogP contribution in [-0.4, -0.2) is 17.6 Å². The molecule has 0 aliphatic rings. The number of pyridine rings is 1. The smallest absolute Gasteiger partial charge is 0.432 e. The molecular formula is C10H7ClF5NO3. The largest absolute Gasteiger partial charge is 0.462 e. The molecule has 10 heteroatoms. The fraction of sp³-hybridized carbons (Fsp3) is 0.400. The first kappa shape index (κ1) is 16.4. The minimum absolute atomic E-state index is 0.120. The molecule has 0 aromatic carbocycles. The molecule has 20 heavy (non-hydrogen) atoms. The van der Waals surface area contributed by atoms with Crippen LogP contribution in [0, 0.1) is 0 Å². The summed E-state index contributed by atoms with van der Waals surface area (Å²) in [6.45, 7) is 1.02. The molecule has 1 aromatic heterocycles. The normalized spacial score (nSPS) is 12.3. The summed E-state index contributed by atoms with van der Waals surface area (Å²) in [7, 11) is 0. The number of aromatic nitrogens is 1. The fourth-order valence-corrected chi connectivity index (χ4v) is 1.43. The molecular weight excluding hydrogens is 313 g/mol. The van der Waals surface area contributed by atoms with Crippen molar-refractivity contribution in [3.8, 4) is 0 Å². The zero-order valence-corrected chi connectivity index (χ0v) is 10.5. The van der Waals surface area contributed by atoms with E-state index in [2.05, 4.69) is 16.3 Å². The molecule has 0 radical (unpaired) electrons. The maximum atomic E-state index is 12.8. The van der Waals surface area contributed by atoms with Crippen LogP contribution >= 0.6 is 11.6 Å². The molecule has 1 rings (SSSR count). The molecule has 1 heterocycles. The molecule has 0 amide bonds. The van der Waals surface area contributed by atoms with Crippen molar-refractivity contribution in [2.24, 2.45) is 0 Å². The lowest BCUT2D eigenvalue weighted by Crippen LogP contribution is -2.28. The van der Waals surface area contributed by atoms with Gasteiger partial charge >= 0.3 is 17.5 Å². The van der Waals surface area contributed by atoms with Gasteiger partial charge in [-0.1, -0.05) is 0 Å². The molecule has 0 aliphatic heterocycles. The Hall–Kier alpha value is -1.64. The maximum absolute atomic E-state index is 12.8. The van der Waals surface area contributed by atoms with E-state index in [1.54, 1.807) is 0 Å². The van der Waals surface area contributed by atoms with Gasteiger partial charge in [-0.3, -0.25) is 4.79 Å². The standard InChI is InChI=1S/C10H7ClF5NO3/c1-2-20-8(19)6-4(18)3-5(9(11,12)13)17-7(6)10(14,15)16/h3H,2H2,1H3,(H,17,18). The molecule has 112 valence electrons. The monoisotopic (exact) mass is 319 g/mol. The highest BCUT2D eigenvalue weighted by Crippen LogP contribution is 2.34. The van der Waals surface area contributed by atoms with Gasteiger partial charge in [0.05, 0.1) is 6.61 Å². The van der Waals surface area contributed by atoms with Crippen LogP contribution in [0.25, 0.3) is 0 Å². The van der Waals surface area contributed by atoms with E-state index in [0.717, 1.165) is 0 Å². The number of hydrogen-bond donors (Lipinski definition) is 1. The van der Waals surface area contributed by atoms with Crippen LogP contribution in [0.1, 0.15) is 28.7 Å². The third-order valence-electron chi connectivity index (χ3n) is 2.10. The van der Waals surface area contributed by atoms with E-state index >= 15 is 0 Å². The van der Waals surface area contributed by atoms with Crippen molar-refractivity contribution in [1.29, 1.82) is 0 Å². The van der Waals surface area contributed by atoms with E-state index in [-0.39, 0.29) is 12.7 Å². The van der Waals surface area contributed by atoms with E-state index in [1.165, 1.54) is 11.9 Å². The average Bonchev–Trinajstić information content (AvgIpc) is 2.25. The molecule has 0 atom stereocenters. The van der Waals surface area contributed by atoms with Gasteiger partial charge in [0.15, 0.2) is 5.43 Å². The van der Waals surface area contributed by atoms with Gasteiger partial charge in [0, 0.05) is 6.07 Å². The number of nitrogens with one attached hydrogen (secondary N) is 1. The molecule has 0 spiro atoms. The Morgan fingerprint density at radius 1 is 1.35 bits per heavy atom. The van der Waals surface area contributed by atoms with Crippen LogP contribution in [0.15, 0.2) is 10.9 Å². The van der Waals surface area contributed by atoms with Crippen LogP contribution in [0.5, 0.6) is 0 Å². The summed E-state index contributed by atoms with van der Waals surface area (Å²) in [5, 5.41) is -4.22. The summed E-state index contributed by atoms with van der Waals surface area (Å²) in [6, 6.07) is 0.120. The van der Waals surface area contributed by atoms with Gasteiger partial charge in [0.2, 0.25) is 0 Å². The van der Waals surface area contributed by atoms with Crippen LogP contribution in [0.3, 0.4) is 0 Å². The van der Waals surface area contributed by atoms with Crippen molar-refractivity contribution in [3.05, 3.63) is 33.2 Å². The number of carbonyl (C=O) groups is 1. The SMILES string of the molecule is CCOC(=O)c1c(C(F)(F)F)[nH]c(C(F)(F)Cl)cc1=O. The number of hydrogen-bond acceptors (Lipinski definition) is 3. The average molecular weight is 320 g/mol. The first-order chi connectivity index (χ1) is 8.98. The third-order valence-corrected chi connectivity index (χ3v) is 2.30. The highest BCUT2D eigenvalue weighted by molar-refractivity contribution is 6.21. The number of rotatable bonds is 3. The van der Waals surface area contributed by atoms with Crippen molar-refractivity contribution in [3.63, 3.8) is 0 Å². The second-order valence-electron chi connectivity index (χ2n) is 3.51. The van der Waals surface area contributed by atoms with Gasteiger partial charge < -0.3 is 9.72 Å². The highest BCUT2D eigenvalue weighted by atomic mass is 35.5. The zero-order chi connectivity index (χ0) is 15.7. The summed E-state index contributed by atoms with van der Waals surface area (Å²) >= 11 is 4.56. The predicted molar refractivity (Wildman–Crippen MR) is 57.8 cm³/mol. The number of ether oxygens (including phenoxy) is 1. The van der Waals surface area contributed by atoms with Crippen molar-refractivity contribution < 1.29 is 31.5 Å². The lowest BCUT2D eigenvalue weighted by atomic mass is 10.1. The molecule has 0 saturated carbocycles. The first-order valence-corrected chi connectivity index (χ1v) is 5.45. The second-order valence-corrected chi connectivity index (χ2v) is 3.99. The van der Waals surface area contributed by atoms with E-state index in [9.17, 15) is 31.5 Å². The number of aromatic amines is 1. The number of carbonyl (C=O) groups excluding carboxylic acids is 1. The number of halogens is 6. The molecule has 0 saturated heterocycles. The Balaban J connectivity index is 3.61. The Morgan fingerprint density at radius 2 is 1.90 bits per heavy atom. The van der Waals surface area contributed by atoms with Crippen LogP contribution < -0.4 is 5.43 Å². The molecule has 4 nitrogen and oxygen atoms in total. The van der Waals surface area contributed by atoms with Crippen molar-refractivity contribution in [2.75, 3.05) is 6.61 Å². The predicted octanol–water partition coefficient (Wildman–Crippen LogP) is 2.86. The third kappa shape index (κ3) is 3.47. The molecule has 0 aliphatic carbocycles. The second kappa shape index (κ2) is 5.39. The first-order valence-electron chi connectivity index (χ1n) is 5.07. The van der Waals surface area contributed by atoms with Gasteiger partial charge in [0.1, 0.15) is 17.0 Å². The summed E-state index contributed by atoms with van der Waals surface area (Å²) in [4.78, 5) is 24.1. The number of esters is 1. The van der Waals surface area contributed by atoms with Gasteiger partial charge in [-0.15, -0.1) is 0 Å². The van der Waals surface area contributed by atoms with Crippen LogP contribution in [-0.2, 0) is 16.3 Å². The Bertz CT molecular complexity index is 576. The molecule has 0 unspecified atom stereocenters. The molecule has 1 aromatic rings. The topological polar surface area (TPSA) is 59.2 Å². The number of alkyl halides is 6. The van der Waals surface area contributed by atoms with Crippen molar-refractivity contribution in [1.82, 2.24) is 4.98 Å². The minimum atomic E-state index is -5.24. The lowest BCUT2D eigenvalue weighted by Gasteiger charge is -2.15. The van der Waals surface area contributed by atoms with E-state index in [1.807, 2.05) is 0 Å². The van der Waals surface area contributed by atoms with Crippen LogP contribution in [0.4, 0.5) is 22.0 Å². The highest BCUT2D eigenvalue weighted by Gasteiger charge is 2.41. The lowest BCUT2D eigenvalue weighted by molar-refractivity contribution is -0.142. The van der Waals surface area contributed by atoms with Gasteiger partial charge in [-0.2, -0.15) is 22.0 Å². The molecule has 0 fully saturated rings. The molecule has 0 bridgehead atoms. The van der Waals surface area contributed by atoms with E-state index in [4.69, 9.17) is 0 Å². The summed E-state index contributed by atoms with van der Waals surface area (Å²) in [5.74, 6) is -1.56. The van der Waals surface area contributed by atoms with E-state index < -0.39 is 39.9 Å². The Kier molecular flexibility index (Phi) is 4.42. The van der Waals surface area contributed by atoms with Gasteiger partial charge in [0.25, 0.3) is 0 Å². The molecule has 1 N–H and O–H groups in total. The van der Waals surface area contributed by atoms with Gasteiger partial charge in [-0.25, -0.2) is 4.79 Å². The quantitative estimate of drug-likeness (QED) is 0.529. The summed E-state index contributed by atoms with van der Waals surface area (Å²) in [5.41, 5.74) is -6.36. The zero-order valence-electron chi connectivity index (χ0n) is 9.78. The van der Waals surface area contributed by atoms with Crippen molar-refractivity contribution in [2.45, 2.75) is 18.5 Å². The number of H-pyrrole nitrogens is 1. The fourth-order valence-electron chi connectivity index (χ4n) is 1.33. The Labute approximate surface area is 113 Å². The Morgan fingerprint density at radius 3 is 2.30 bits per heavy atom.